The summed E-state index contributed by atoms with van der Waals surface area (Å²) in [5.74, 6) is 0.104. The number of morpholine rings is 1. The maximum atomic E-state index is 12.6. The molecule has 1 atom stereocenters. The van der Waals surface area contributed by atoms with Gasteiger partial charge in [-0.1, -0.05) is 49.7 Å². The van der Waals surface area contributed by atoms with E-state index in [1.165, 1.54) is 11.1 Å². The van der Waals surface area contributed by atoms with Crippen molar-refractivity contribution in [2.45, 2.75) is 45.1 Å². The first-order valence-corrected chi connectivity index (χ1v) is 10.5. The summed E-state index contributed by atoms with van der Waals surface area (Å²) in [6.07, 6.45) is 5.01. The van der Waals surface area contributed by atoms with Crippen molar-refractivity contribution in [3.8, 4) is 0 Å². The van der Waals surface area contributed by atoms with Crippen LogP contribution >= 0.6 is 0 Å². The fraction of sp³-hybridized carbons (Fsp3) is 0.500. The summed E-state index contributed by atoms with van der Waals surface area (Å²) in [7, 11) is 0. The van der Waals surface area contributed by atoms with Crippen LogP contribution in [0.15, 0.2) is 48.8 Å². The van der Waals surface area contributed by atoms with Gasteiger partial charge < -0.3 is 10.1 Å². The van der Waals surface area contributed by atoms with E-state index < -0.39 is 0 Å². The van der Waals surface area contributed by atoms with E-state index in [-0.39, 0.29) is 17.4 Å². The number of nitrogens with one attached hydrogen (secondary N) is 1. The van der Waals surface area contributed by atoms with Crippen molar-refractivity contribution in [1.82, 2.24) is 15.2 Å². The Morgan fingerprint density at radius 2 is 1.93 bits per heavy atom. The van der Waals surface area contributed by atoms with E-state index in [0.29, 0.717) is 13.0 Å². The molecule has 1 aromatic heterocycles. The van der Waals surface area contributed by atoms with E-state index in [1.807, 2.05) is 12.3 Å². The topological polar surface area (TPSA) is 54.5 Å². The van der Waals surface area contributed by atoms with Gasteiger partial charge in [0.25, 0.3) is 0 Å². The highest BCUT2D eigenvalue weighted by Crippen LogP contribution is 2.28. The second-order valence-electron chi connectivity index (χ2n) is 8.50. The Kier molecular flexibility index (Phi) is 7.40. The third-order valence-corrected chi connectivity index (χ3v) is 5.86. The van der Waals surface area contributed by atoms with Crippen LogP contribution in [0.1, 0.15) is 49.4 Å². The second kappa shape index (κ2) is 9.99. The lowest BCUT2D eigenvalue weighted by molar-refractivity contribution is -0.121. The SMILES string of the molecule is Cc1ccc(C(C)(C)CCC(=O)NCC(c2cccnc2)N2CCOCC2)cc1. The molecule has 1 aromatic carbocycles. The standard InChI is InChI=1S/C24H33N3O2/c1-19-6-8-21(9-7-19)24(2,3)11-10-23(28)26-18-22(20-5-4-12-25-17-20)27-13-15-29-16-14-27/h4-9,12,17,22H,10-11,13-16,18H2,1-3H3,(H,26,28). The van der Waals surface area contributed by atoms with E-state index in [2.05, 4.69) is 66.3 Å². The van der Waals surface area contributed by atoms with Crippen LogP contribution in [0.25, 0.3) is 0 Å². The molecule has 2 aromatic rings. The van der Waals surface area contributed by atoms with Gasteiger partial charge in [-0.05, 0) is 36.0 Å². The van der Waals surface area contributed by atoms with E-state index >= 15 is 0 Å². The fourth-order valence-electron chi connectivity index (χ4n) is 3.79. The van der Waals surface area contributed by atoms with Gasteiger partial charge in [0.2, 0.25) is 5.91 Å². The molecule has 1 N–H and O–H groups in total. The zero-order chi connectivity index (χ0) is 20.7. The molecule has 0 bridgehead atoms. The van der Waals surface area contributed by atoms with E-state index in [1.54, 1.807) is 6.20 Å². The molecule has 0 aliphatic carbocycles. The zero-order valence-electron chi connectivity index (χ0n) is 17.9. The Morgan fingerprint density at radius 3 is 2.59 bits per heavy atom. The number of aromatic nitrogens is 1. The van der Waals surface area contributed by atoms with Gasteiger partial charge in [-0.2, -0.15) is 0 Å². The third-order valence-electron chi connectivity index (χ3n) is 5.86. The number of pyridine rings is 1. The smallest absolute Gasteiger partial charge is 0.220 e. The van der Waals surface area contributed by atoms with Crippen molar-refractivity contribution in [3.05, 3.63) is 65.5 Å². The van der Waals surface area contributed by atoms with Crippen molar-refractivity contribution in [2.24, 2.45) is 0 Å². The van der Waals surface area contributed by atoms with Crippen LogP contribution in [-0.4, -0.2) is 48.6 Å². The number of ether oxygens (including phenoxy) is 1. The number of rotatable bonds is 8. The van der Waals surface area contributed by atoms with E-state index in [9.17, 15) is 4.79 Å². The minimum atomic E-state index is -0.0298. The van der Waals surface area contributed by atoms with Gasteiger partial charge in [-0.3, -0.25) is 14.7 Å². The van der Waals surface area contributed by atoms with Crippen LogP contribution < -0.4 is 5.32 Å². The summed E-state index contributed by atoms with van der Waals surface area (Å²) < 4.78 is 5.49. The lowest BCUT2D eigenvalue weighted by atomic mass is 9.80. The van der Waals surface area contributed by atoms with Crippen LogP contribution in [0.2, 0.25) is 0 Å². The molecule has 1 saturated heterocycles. The third kappa shape index (κ3) is 6.12. The highest BCUT2D eigenvalue weighted by molar-refractivity contribution is 5.76. The number of carbonyl (C=O) groups is 1. The molecular weight excluding hydrogens is 362 g/mol. The Balaban J connectivity index is 1.56. The van der Waals surface area contributed by atoms with Crippen LogP contribution in [-0.2, 0) is 14.9 Å². The molecule has 3 rings (SSSR count). The number of hydrogen-bond donors (Lipinski definition) is 1. The predicted octanol–water partition coefficient (Wildman–Crippen LogP) is 3.64. The van der Waals surface area contributed by atoms with Gasteiger partial charge in [0.1, 0.15) is 0 Å². The van der Waals surface area contributed by atoms with Crippen molar-refractivity contribution in [2.75, 3.05) is 32.8 Å². The molecule has 156 valence electrons. The number of benzene rings is 1. The predicted molar refractivity (Wildman–Crippen MR) is 116 cm³/mol. The highest BCUT2D eigenvalue weighted by Gasteiger charge is 2.25. The average Bonchev–Trinajstić information content (AvgIpc) is 2.74. The number of amides is 1. The van der Waals surface area contributed by atoms with Crippen molar-refractivity contribution >= 4 is 5.91 Å². The maximum Gasteiger partial charge on any atom is 0.220 e. The Bertz CT molecular complexity index is 768. The lowest BCUT2D eigenvalue weighted by Crippen LogP contribution is -2.44. The number of nitrogens with zero attached hydrogens (tertiary/aromatic N) is 2. The van der Waals surface area contributed by atoms with Gasteiger partial charge in [-0.15, -0.1) is 0 Å². The lowest BCUT2D eigenvalue weighted by Gasteiger charge is -2.34. The van der Waals surface area contributed by atoms with Crippen LogP contribution in [0.4, 0.5) is 0 Å². The largest absolute Gasteiger partial charge is 0.379 e. The summed E-state index contributed by atoms with van der Waals surface area (Å²) >= 11 is 0. The fourth-order valence-corrected chi connectivity index (χ4v) is 3.79. The summed E-state index contributed by atoms with van der Waals surface area (Å²) in [5, 5.41) is 3.16. The molecule has 1 fully saturated rings. The minimum absolute atomic E-state index is 0.0298. The summed E-state index contributed by atoms with van der Waals surface area (Å²) in [6.45, 7) is 10.3. The highest BCUT2D eigenvalue weighted by atomic mass is 16.5. The summed E-state index contributed by atoms with van der Waals surface area (Å²) in [4.78, 5) is 19.3. The molecule has 1 aliphatic rings. The number of hydrogen-bond acceptors (Lipinski definition) is 4. The summed E-state index contributed by atoms with van der Waals surface area (Å²) in [5.41, 5.74) is 3.64. The summed E-state index contributed by atoms with van der Waals surface area (Å²) in [6, 6.07) is 12.8. The van der Waals surface area contributed by atoms with Gasteiger partial charge >= 0.3 is 0 Å². The minimum Gasteiger partial charge on any atom is -0.379 e. The van der Waals surface area contributed by atoms with Gasteiger partial charge in [0, 0.05) is 38.4 Å². The quantitative estimate of drug-likeness (QED) is 0.741. The molecule has 2 heterocycles. The van der Waals surface area contributed by atoms with Crippen molar-refractivity contribution in [3.63, 3.8) is 0 Å². The molecule has 0 radical (unpaired) electrons. The second-order valence-corrected chi connectivity index (χ2v) is 8.50. The Hall–Kier alpha value is -2.24. The monoisotopic (exact) mass is 395 g/mol. The maximum absolute atomic E-state index is 12.6. The average molecular weight is 396 g/mol. The van der Waals surface area contributed by atoms with Crippen LogP contribution in [0, 0.1) is 6.92 Å². The Labute approximate surface area is 174 Å². The van der Waals surface area contributed by atoms with Crippen LogP contribution in [0.3, 0.4) is 0 Å². The molecule has 0 spiro atoms. The normalized spacial score (nSPS) is 16.4. The first-order chi connectivity index (χ1) is 14.0. The number of carbonyl (C=O) groups excluding carboxylic acids is 1. The first kappa shape index (κ1) is 21.5. The molecule has 0 saturated carbocycles. The molecule has 1 aliphatic heterocycles. The van der Waals surface area contributed by atoms with Gasteiger partial charge in [0.15, 0.2) is 0 Å². The van der Waals surface area contributed by atoms with E-state index in [0.717, 1.165) is 38.3 Å². The molecule has 5 heteroatoms. The van der Waals surface area contributed by atoms with Crippen molar-refractivity contribution < 1.29 is 9.53 Å². The zero-order valence-corrected chi connectivity index (χ0v) is 17.9. The number of aryl methyl sites for hydroxylation is 1. The molecular formula is C24H33N3O2. The molecule has 29 heavy (non-hydrogen) atoms. The molecule has 5 nitrogen and oxygen atoms in total. The van der Waals surface area contributed by atoms with E-state index in [4.69, 9.17) is 4.74 Å². The Morgan fingerprint density at radius 1 is 1.21 bits per heavy atom. The van der Waals surface area contributed by atoms with Crippen molar-refractivity contribution in [1.29, 1.82) is 0 Å². The first-order valence-electron chi connectivity index (χ1n) is 10.5. The van der Waals surface area contributed by atoms with Gasteiger partial charge in [0.05, 0.1) is 19.3 Å². The molecule has 1 unspecified atom stereocenters. The van der Waals surface area contributed by atoms with Crippen LogP contribution in [0.5, 0.6) is 0 Å². The van der Waals surface area contributed by atoms with Gasteiger partial charge in [-0.25, -0.2) is 0 Å². The molecule has 1 amide bonds.